The topological polar surface area (TPSA) is 61.8 Å². The molecule has 184 valence electrons. The monoisotopic (exact) mass is 484 g/mol. The fourth-order valence-corrected chi connectivity index (χ4v) is 4.32. The molecule has 0 fully saturated rings. The van der Waals surface area contributed by atoms with Crippen LogP contribution >= 0.6 is 0 Å². The SMILES string of the molecule is O=C(O)CCc1ccc(NCc2cccc3c2CCCN3CCOc2cc(F)ccc2F)cc1F. The fraction of sp³-hybridized carbons (Fsp3) is 0.296. The number of halogens is 3. The maximum atomic E-state index is 14.3. The molecule has 1 heterocycles. The summed E-state index contributed by atoms with van der Waals surface area (Å²) in [5.41, 5.74) is 4.37. The van der Waals surface area contributed by atoms with Crippen molar-refractivity contribution in [2.45, 2.75) is 32.2 Å². The maximum Gasteiger partial charge on any atom is 0.303 e. The van der Waals surface area contributed by atoms with E-state index in [-0.39, 0.29) is 25.2 Å². The number of benzene rings is 3. The molecule has 0 amide bonds. The van der Waals surface area contributed by atoms with Crippen molar-refractivity contribution in [3.63, 3.8) is 0 Å². The highest BCUT2D eigenvalue weighted by Crippen LogP contribution is 2.30. The van der Waals surface area contributed by atoms with Crippen LogP contribution in [0.5, 0.6) is 5.75 Å². The smallest absolute Gasteiger partial charge is 0.303 e. The molecule has 0 bridgehead atoms. The first-order valence-corrected chi connectivity index (χ1v) is 11.6. The highest BCUT2D eigenvalue weighted by atomic mass is 19.1. The van der Waals surface area contributed by atoms with Crippen LogP contribution in [0, 0.1) is 17.5 Å². The Kier molecular flexibility index (Phi) is 7.80. The van der Waals surface area contributed by atoms with Crippen LogP contribution in [0.25, 0.3) is 0 Å². The van der Waals surface area contributed by atoms with Crippen molar-refractivity contribution < 1.29 is 27.8 Å². The first kappa shape index (κ1) is 24.4. The Morgan fingerprint density at radius 3 is 2.69 bits per heavy atom. The molecular weight excluding hydrogens is 457 g/mol. The summed E-state index contributed by atoms with van der Waals surface area (Å²) in [5.74, 6) is -2.61. The number of aryl methyl sites for hydroxylation is 1. The zero-order chi connectivity index (χ0) is 24.8. The Balaban J connectivity index is 1.39. The summed E-state index contributed by atoms with van der Waals surface area (Å²) < 4.78 is 47.0. The molecule has 35 heavy (non-hydrogen) atoms. The lowest BCUT2D eigenvalue weighted by Crippen LogP contribution is -2.33. The van der Waals surface area contributed by atoms with Crippen molar-refractivity contribution in [2.75, 3.05) is 29.9 Å². The van der Waals surface area contributed by atoms with Crippen LogP contribution in [-0.4, -0.2) is 30.8 Å². The number of rotatable bonds is 10. The third-order valence-electron chi connectivity index (χ3n) is 6.10. The number of ether oxygens (including phenoxy) is 1. The summed E-state index contributed by atoms with van der Waals surface area (Å²) in [5, 5.41) is 12.1. The number of nitrogens with zero attached hydrogens (tertiary/aromatic N) is 1. The van der Waals surface area contributed by atoms with Crippen LogP contribution in [-0.2, 0) is 24.2 Å². The number of aliphatic carboxylic acids is 1. The lowest BCUT2D eigenvalue weighted by molar-refractivity contribution is -0.136. The van der Waals surface area contributed by atoms with Crippen LogP contribution in [0.4, 0.5) is 24.5 Å². The lowest BCUT2D eigenvalue weighted by Gasteiger charge is -2.32. The molecule has 2 N–H and O–H groups in total. The van der Waals surface area contributed by atoms with Crippen molar-refractivity contribution in [1.29, 1.82) is 0 Å². The van der Waals surface area contributed by atoms with E-state index < -0.39 is 23.4 Å². The molecule has 4 rings (SSSR count). The number of fused-ring (bicyclic) bond motifs is 1. The van der Waals surface area contributed by atoms with E-state index >= 15 is 0 Å². The zero-order valence-corrected chi connectivity index (χ0v) is 19.2. The Bertz CT molecular complexity index is 1200. The number of carboxylic acids is 1. The first-order valence-electron chi connectivity index (χ1n) is 11.6. The van der Waals surface area contributed by atoms with Gasteiger partial charge in [-0.3, -0.25) is 4.79 Å². The Morgan fingerprint density at radius 2 is 1.89 bits per heavy atom. The van der Waals surface area contributed by atoms with E-state index in [0.717, 1.165) is 48.8 Å². The molecule has 3 aromatic rings. The van der Waals surface area contributed by atoms with Gasteiger partial charge in [0.1, 0.15) is 18.2 Å². The van der Waals surface area contributed by atoms with Crippen molar-refractivity contribution in [3.05, 3.63) is 88.7 Å². The summed E-state index contributed by atoms with van der Waals surface area (Å²) in [4.78, 5) is 12.9. The molecule has 3 aromatic carbocycles. The van der Waals surface area contributed by atoms with Gasteiger partial charge in [0.2, 0.25) is 0 Å². The fourth-order valence-electron chi connectivity index (χ4n) is 4.32. The van der Waals surface area contributed by atoms with Gasteiger partial charge in [-0.2, -0.15) is 0 Å². The highest BCUT2D eigenvalue weighted by molar-refractivity contribution is 5.67. The lowest BCUT2D eigenvalue weighted by atomic mass is 9.96. The van der Waals surface area contributed by atoms with Gasteiger partial charge in [0, 0.05) is 37.0 Å². The third kappa shape index (κ3) is 6.26. The van der Waals surface area contributed by atoms with E-state index in [0.29, 0.717) is 24.3 Å². The molecule has 0 spiro atoms. The Hall–Kier alpha value is -3.68. The summed E-state index contributed by atoms with van der Waals surface area (Å²) in [6.45, 7) is 2.09. The standard InChI is InChI=1S/C27H27F3N2O3/c28-20-8-10-23(29)26(15-20)35-14-13-32-12-2-4-22-19(3-1-5-25(22)32)17-31-21-9-6-18(24(30)16-21)7-11-27(33)34/h1,3,5-6,8-10,15-16,31H,2,4,7,11-14,17H2,(H,33,34). The molecule has 0 saturated heterocycles. The second-order valence-corrected chi connectivity index (χ2v) is 8.48. The quantitative estimate of drug-likeness (QED) is 0.394. The number of hydrogen-bond donors (Lipinski definition) is 2. The Morgan fingerprint density at radius 1 is 1.03 bits per heavy atom. The van der Waals surface area contributed by atoms with Gasteiger partial charge in [0.25, 0.3) is 0 Å². The minimum Gasteiger partial charge on any atom is -0.489 e. The second-order valence-electron chi connectivity index (χ2n) is 8.48. The predicted molar refractivity (Wildman–Crippen MR) is 129 cm³/mol. The van der Waals surface area contributed by atoms with Crippen LogP contribution < -0.4 is 15.0 Å². The number of nitrogens with one attached hydrogen (secondary N) is 1. The van der Waals surface area contributed by atoms with E-state index in [2.05, 4.69) is 10.2 Å². The predicted octanol–water partition coefficient (Wildman–Crippen LogP) is 5.56. The van der Waals surface area contributed by atoms with E-state index in [9.17, 15) is 18.0 Å². The average Bonchev–Trinajstić information content (AvgIpc) is 2.84. The highest BCUT2D eigenvalue weighted by Gasteiger charge is 2.19. The summed E-state index contributed by atoms with van der Waals surface area (Å²) in [6, 6.07) is 14.0. The molecule has 1 aliphatic heterocycles. The first-order chi connectivity index (χ1) is 16.9. The molecule has 0 unspecified atom stereocenters. The van der Waals surface area contributed by atoms with Gasteiger partial charge in [-0.15, -0.1) is 0 Å². The van der Waals surface area contributed by atoms with E-state index in [1.165, 1.54) is 11.6 Å². The van der Waals surface area contributed by atoms with Gasteiger partial charge >= 0.3 is 5.97 Å². The van der Waals surface area contributed by atoms with E-state index in [4.69, 9.17) is 9.84 Å². The number of anilines is 2. The maximum absolute atomic E-state index is 14.3. The van der Waals surface area contributed by atoms with Gasteiger partial charge < -0.3 is 20.1 Å². The molecule has 5 nitrogen and oxygen atoms in total. The zero-order valence-electron chi connectivity index (χ0n) is 19.2. The van der Waals surface area contributed by atoms with E-state index in [1.54, 1.807) is 12.1 Å². The van der Waals surface area contributed by atoms with Crippen molar-refractivity contribution in [1.82, 2.24) is 0 Å². The average molecular weight is 485 g/mol. The minimum absolute atomic E-state index is 0.0959. The minimum atomic E-state index is -0.956. The van der Waals surface area contributed by atoms with Gasteiger partial charge in [-0.05, 0) is 66.3 Å². The van der Waals surface area contributed by atoms with Crippen molar-refractivity contribution in [3.8, 4) is 5.75 Å². The molecule has 0 radical (unpaired) electrons. The third-order valence-corrected chi connectivity index (χ3v) is 6.10. The van der Waals surface area contributed by atoms with Gasteiger partial charge in [-0.1, -0.05) is 18.2 Å². The van der Waals surface area contributed by atoms with Crippen molar-refractivity contribution in [2.24, 2.45) is 0 Å². The van der Waals surface area contributed by atoms with Gasteiger partial charge in [0.05, 0.1) is 6.54 Å². The van der Waals surface area contributed by atoms with E-state index in [1.807, 2.05) is 18.2 Å². The van der Waals surface area contributed by atoms with Gasteiger partial charge in [0.15, 0.2) is 11.6 Å². The molecular formula is C27H27F3N2O3. The second kappa shape index (κ2) is 11.2. The number of hydrogen-bond acceptors (Lipinski definition) is 4. The summed E-state index contributed by atoms with van der Waals surface area (Å²) in [6.07, 6.45) is 1.90. The normalized spacial score (nSPS) is 12.8. The molecule has 0 saturated carbocycles. The molecule has 0 aliphatic carbocycles. The Labute approximate surface area is 202 Å². The molecule has 0 atom stereocenters. The number of carbonyl (C=O) groups is 1. The van der Waals surface area contributed by atoms with Gasteiger partial charge in [-0.25, -0.2) is 13.2 Å². The molecule has 0 aromatic heterocycles. The largest absolute Gasteiger partial charge is 0.489 e. The summed E-state index contributed by atoms with van der Waals surface area (Å²) >= 11 is 0. The molecule has 1 aliphatic rings. The van der Waals surface area contributed by atoms with Crippen LogP contribution in [0.15, 0.2) is 54.6 Å². The number of carboxylic acid groups (broad SMARTS) is 1. The van der Waals surface area contributed by atoms with Crippen LogP contribution in [0.3, 0.4) is 0 Å². The van der Waals surface area contributed by atoms with Crippen LogP contribution in [0.1, 0.15) is 29.5 Å². The summed E-state index contributed by atoms with van der Waals surface area (Å²) in [7, 11) is 0. The van der Waals surface area contributed by atoms with Crippen molar-refractivity contribution >= 4 is 17.3 Å². The molecule has 8 heteroatoms. The van der Waals surface area contributed by atoms with Crippen LogP contribution in [0.2, 0.25) is 0 Å².